The van der Waals surface area contributed by atoms with E-state index in [1.54, 1.807) is 4.90 Å². The second-order valence-corrected chi connectivity index (χ2v) is 5.87. The number of rotatable bonds is 1. The van der Waals surface area contributed by atoms with Gasteiger partial charge in [0.1, 0.15) is 0 Å². The van der Waals surface area contributed by atoms with Crippen molar-refractivity contribution in [3.8, 4) is 0 Å². The number of carbonyl (C=O) groups is 1. The highest BCUT2D eigenvalue weighted by Crippen LogP contribution is 2.32. The van der Waals surface area contributed by atoms with Crippen LogP contribution in [0.4, 0.5) is 5.69 Å². The number of carbonyl (C=O) groups excluding carboxylic acids is 1. The molecule has 1 aromatic heterocycles. The third-order valence-electron chi connectivity index (χ3n) is 4.20. The molecule has 2 aromatic rings. The Bertz CT molecular complexity index is 724. The normalized spacial score (nSPS) is 16.7. The fraction of sp³-hybridized carbons (Fsp3) is 0.333. The van der Waals surface area contributed by atoms with Crippen LogP contribution in [0.15, 0.2) is 18.2 Å². The molecule has 2 N–H and O–H groups in total. The summed E-state index contributed by atoms with van der Waals surface area (Å²) in [5.41, 5.74) is 4.68. The lowest BCUT2D eigenvalue weighted by Crippen LogP contribution is -2.31. The number of amides is 1. The number of H-pyrrole nitrogens is 1. The largest absolute Gasteiger partial charge is 0.312 e. The highest BCUT2D eigenvalue weighted by Gasteiger charge is 2.30. The molecular formula is C15H15ClN4O. The van der Waals surface area contributed by atoms with Crippen LogP contribution in [0.1, 0.15) is 27.3 Å². The van der Waals surface area contributed by atoms with Gasteiger partial charge in [0.25, 0.3) is 5.91 Å². The molecule has 2 aliphatic rings. The lowest BCUT2D eigenvalue weighted by atomic mass is 10.1. The molecule has 108 valence electrons. The van der Waals surface area contributed by atoms with Gasteiger partial charge in [-0.15, -0.1) is 0 Å². The molecule has 0 radical (unpaired) electrons. The fourth-order valence-corrected chi connectivity index (χ4v) is 3.26. The number of nitrogens with zero attached hydrogens (tertiary/aromatic N) is 2. The van der Waals surface area contributed by atoms with Crippen LogP contribution in [0.2, 0.25) is 5.02 Å². The minimum absolute atomic E-state index is 0.0442. The first-order chi connectivity index (χ1) is 10.2. The number of hydrogen-bond donors (Lipinski definition) is 2. The van der Waals surface area contributed by atoms with E-state index in [1.807, 2.05) is 18.2 Å². The van der Waals surface area contributed by atoms with Crippen molar-refractivity contribution < 1.29 is 4.79 Å². The quantitative estimate of drug-likeness (QED) is 0.846. The Balaban J connectivity index is 1.71. The minimum Gasteiger partial charge on any atom is -0.312 e. The SMILES string of the molecule is O=C(c1n[nH]c2c1CNCC2)N1CCc2ccc(Cl)cc21. The molecule has 0 saturated heterocycles. The van der Waals surface area contributed by atoms with Gasteiger partial charge in [-0.3, -0.25) is 9.89 Å². The standard InChI is InChI=1S/C15H15ClN4O/c16-10-2-1-9-4-6-20(13(9)7-10)15(21)14-11-8-17-5-3-12(11)18-19-14/h1-2,7,17H,3-6,8H2,(H,18,19). The van der Waals surface area contributed by atoms with Gasteiger partial charge in [-0.25, -0.2) is 0 Å². The van der Waals surface area contributed by atoms with Crippen LogP contribution in [-0.4, -0.2) is 29.2 Å². The molecule has 1 amide bonds. The predicted molar refractivity (Wildman–Crippen MR) is 80.8 cm³/mol. The number of benzene rings is 1. The van der Waals surface area contributed by atoms with E-state index in [1.165, 1.54) is 0 Å². The zero-order valence-electron chi connectivity index (χ0n) is 11.4. The van der Waals surface area contributed by atoms with Crippen LogP contribution in [0.25, 0.3) is 0 Å². The first-order valence-corrected chi connectivity index (χ1v) is 7.49. The number of hydrogen-bond acceptors (Lipinski definition) is 3. The van der Waals surface area contributed by atoms with Crippen molar-refractivity contribution in [3.05, 3.63) is 45.7 Å². The molecule has 5 nitrogen and oxygen atoms in total. The van der Waals surface area contributed by atoms with Gasteiger partial charge in [0.2, 0.25) is 0 Å². The molecule has 1 aromatic carbocycles. The summed E-state index contributed by atoms with van der Waals surface area (Å²) in [6.07, 6.45) is 1.75. The van der Waals surface area contributed by atoms with Crippen molar-refractivity contribution in [2.45, 2.75) is 19.4 Å². The topological polar surface area (TPSA) is 61.0 Å². The summed E-state index contributed by atoms with van der Waals surface area (Å²) in [5, 5.41) is 11.2. The Morgan fingerprint density at radius 1 is 1.33 bits per heavy atom. The predicted octanol–water partition coefficient (Wildman–Crippen LogP) is 1.91. The molecule has 2 aliphatic heterocycles. The van der Waals surface area contributed by atoms with Crippen molar-refractivity contribution in [1.29, 1.82) is 0 Å². The van der Waals surface area contributed by atoms with Crippen LogP contribution >= 0.6 is 11.6 Å². The molecule has 0 spiro atoms. The van der Waals surface area contributed by atoms with E-state index in [4.69, 9.17) is 11.6 Å². The van der Waals surface area contributed by atoms with Gasteiger partial charge < -0.3 is 10.2 Å². The van der Waals surface area contributed by atoms with Gasteiger partial charge in [-0.2, -0.15) is 5.10 Å². The maximum Gasteiger partial charge on any atom is 0.279 e. The average Bonchev–Trinajstić information content (AvgIpc) is 3.10. The molecule has 0 unspecified atom stereocenters. The van der Waals surface area contributed by atoms with Crippen molar-refractivity contribution in [2.75, 3.05) is 18.0 Å². The molecule has 0 bridgehead atoms. The van der Waals surface area contributed by atoms with Crippen LogP contribution < -0.4 is 10.2 Å². The van der Waals surface area contributed by atoms with Crippen molar-refractivity contribution in [3.63, 3.8) is 0 Å². The summed E-state index contributed by atoms with van der Waals surface area (Å²) in [5.74, 6) is -0.0442. The first-order valence-electron chi connectivity index (χ1n) is 7.11. The third kappa shape index (κ3) is 2.04. The van der Waals surface area contributed by atoms with Crippen LogP contribution in [0.5, 0.6) is 0 Å². The lowest BCUT2D eigenvalue weighted by Gasteiger charge is -2.18. The summed E-state index contributed by atoms with van der Waals surface area (Å²) >= 11 is 6.06. The molecule has 0 aliphatic carbocycles. The molecular weight excluding hydrogens is 288 g/mol. The number of halogens is 1. The van der Waals surface area contributed by atoms with E-state index in [0.717, 1.165) is 41.9 Å². The van der Waals surface area contributed by atoms with Gasteiger partial charge in [0.05, 0.1) is 0 Å². The van der Waals surface area contributed by atoms with Gasteiger partial charge in [-0.05, 0) is 24.1 Å². The molecule has 6 heteroatoms. The Labute approximate surface area is 127 Å². The highest BCUT2D eigenvalue weighted by atomic mass is 35.5. The summed E-state index contributed by atoms with van der Waals surface area (Å²) in [7, 11) is 0. The lowest BCUT2D eigenvalue weighted by molar-refractivity contribution is 0.0983. The highest BCUT2D eigenvalue weighted by molar-refractivity contribution is 6.31. The minimum atomic E-state index is -0.0442. The molecule has 3 heterocycles. The summed E-state index contributed by atoms with van der Waals surface area (Å²) in [4.78, 5) is 14.6. The van der Waals surface area contributed by atoms with Gasteiger partial charge in [0.15, 0.2) is 5.69 Å². The first kappa shape index (κ1) is 12.9. The number of aromatic amines is 1. The smallest absolute Gasteiger partial charge is 0.279 e. The molecule has 21 heavy (non-hydrogen) atoms. The molecule has 0 fully saturated rings. The van der Waals surface area contributed by atoms with Crippen molar-refractivity contribution in [2.24, 2.45) is 0 Å². The number of fused-ring (bicyclic) bond motifs is 2. The Hall–Kier alpha value is -1.85. The van der Waals surface area contributed by atoms with E-state index in [9.17, 15) is 4.79 Å². The Morgan fingerprint density at radius 3 is 3.14 bits per heavy atom. The maximum absolute atomic E-state index is 12.8. The Morgan fingerprint density at radius 2 is 2.24 bits per heavy atom. The van der Waals surface area contributed by atoms with Crippen LogP contribution in [-0.2, 0) is 19.4 Å². The zero-order chi connectivity index (χ0) is 14.4. The van der Waals surface area contributed by atoms with E-state index in [2.05, 4.69) is 15.5 Å². The fourth-order valence-electron chi connectivity index (χ4n) is 3.09. The third-order valence-corrected chi connectivity index (χ3v) is 4.43. The Kier molecular flexibility index (Phi) is 2.97. The molecule has 4 rings (SSSR count). The molecule has 0 atom stereocenters. The van der Waals surface area contributed by atoms with Gasteiger partial charge in [0, 0.05) is 48.0 Å². The van der Waals surface area contributed by atoms with E-state index >= 15 is 0 Å². The molecule has 0 saturated carbocycles. The monoisotopic (exact) mass is 302 g/mol. The van der Waals surface area contributed by atoms with Crippen LogP contribution in [0.3, 0.4) is 0 Å². The summed E-state index contributed by atoms with van der Waals surface area (Å²) < 4.78 is 0. The summed E-state index contributed by atoms with van der Waals surface area (Å²) in [6, 6.07) is 5.72. The van der Waals surface area contributed by atoms with Gasteiger partial charge in [-0.1, -0.05) is 17.7 Å². The maximum atomic E-state index is 12.8. The zero-order valence-corrected chi connectivity index (χ0v) is 12.2. The number of anilines is 1. The second kappa shape index (κ2) is 4.86. The second-order valence-electron chi connectivity index (χ2n) is 5.44. The van der Waals surface area contributed by atoms with Crippen LogP contribution in [0, 0.1) is 0 Å². The van der Waals surface area contributed by atoms with E-state index in [0.29, 0.717) is 23.8 Å². The van der Waals surface area contributed by atoms with Crippen molar-refractivity contribution >= 4 is 23.2 Å². The van der Waals surface area contributed by atoms with E-state index in [-0.39, 0.29) is 5.91 Å². The average molecular weight is 303 g/mol. The van der Waals surface area contributed by atoms with E-state index < -0.39 is 0 Å². The summed E-state index contributed by atoms with van der Waals surface area (Å²) in [6.45, 7) is 2.30. The van der Waals surface area contributed by atoms with Gasteiger partial charge >= 0.3 is 0 Å². The van der Waals surface area contributed by atoms with Crippen molar-refractivity contribution in [1.82, 2.24) is 15.5 Å². The number of aromatic nitrogens is 2. The number of nitrogens with one attached hydrogen (secondary N) is 2.